The summed E-state index contributed by atoms with van der Waals surface area (Å²) in [5, 5.41) is 11.6. The second-order valence-corrected chi connectivity index (χ2v) is 11.7. The van der Waals surface area contributed by atoms with Gasteiger partial charge in [0.2, 0.25) is 11.1 Å². The highest BCUT2D eigenvalue weighted by Gasteiger charge is 2.34. The molecule has 6 rings (SSSR count). The Labute approximate surface area is 260 Å². The highest BCUT2D eigenvalue weighted by molar-refractivity contribution is 7.98. The van der Waals surface area contributed by atoms with Gasteiger partial charge in [-0.1, -0.05) is 84.1 Å². The van der Waals surface area contributed by atoms with Gasteiger partial charge in [-0.3, -0.25) is 4.79 Å². The number of benzene rings is 4. The standard InChI is InChI=1S/C35H32FN5O2S/c1-22-11-13-25(14-12-22)20-43-29-17-15-26(16-18-29)32-31(33(42)38-28-9-6-7-23(2)19-28)24(3)37-34-39-35(40-41(32)34)44-21-27-8-4-5-10-30(27)36/h4-19,32H,20-21H2,1-3H3,(H,38,42)(H,37,39,40). The van der Waals surface area contributed by atoms with Crippen LogP contribution in [0.3, 0.4) is 0 Å². The summed E-state index contributed by atoms with van der Waals surface area (Å²) in [6.07, 6.45) is 0. The van der Waals surface area contributed by atoms with E-state index < -0.39 is 6.04 Å². The molecule has 4 aromatic carbocycles. The van der Waals surface area contributed by atoms with Crippen molar-refractivity contribution in [2.45, 2.75) is 44.3 Å². The summed E-state index contributed by atoms with van der Waals surface area (Å²) in [5.41, 5.74) is 6.64. The van der Waals surface area contributed by atoms with E-state index in [1.807, 2.05) is 68.4 Å². The van der Waals surface area contributed by atoms with Gasteiger partial charge >= 0.3 is 0 Å². The SMILES string of the molecule is CC1=C(C(=O)Nc2cccc(C)c2)C(c2ccc(OCc3ccc(C)cc3)cc2)n2nc(SCc3ccccc3F)nc2N1. The van der Waals surface area contributed by atoms with E-state index >= 15 is 0 Å². The molecule has 2 N–H and O–H groups in total. The summed E-state index contributed by atoms with van der Waals surface area (Å²) < 4.78 is 22.0. The zero-order chi connectivity index (χ0) is 30.6. The van der Waals surface area contributed by atoms with E-state index in [1.54, 1.807) is 16.8 Å². The Kier molecular flexibility index (Phi) is 8.47. The molecule has 9 heteroatoms. The Bertz CT molecular complexity index is 1830. The zero-order valence-corrected chi connectivity index (χ0v) is 25.5. The molecule has 7 nitrogen and oxygen atoms in total. The second kappa shape index (κ2) is 12.8. The fraction of sp³-hybridized carbons (Fsp3) is 0.171. The van der Waals surface area contributed by atoms with Gasteiger partial charge in [-0.2, -0.15) is 4.98 Å². The quantitative estimate of drug-likeness (QED) is 0.167. The Morgan fingerprint density at radius 2 is 1.73 bits per heavy atom. The van der Waals surface area contributed by atoms with Gasteiger partial charge in [0.1, 0.15) is 24.2 Å². The van der Waals surface area contributed by atoms with Crippen LogP contribution in [0.1, 0.15) is 40.8 Å². The van der Waals surface area contributed by atoms with Gasteiger partial charge in [0.15, 0.2) is 0 Å². The van der Waals surface area contributed by atoms with Crippen LogP contribution in [-0.2, 0) is 17.2 Å². The minimum absolute atomic E-state index is 0.244. The number of carbonyl (C=O) groups excluding carboxylic acids is 1. The van der Waals surface area contributed by atoms with Crippen molar-refractivity contribution in [2.24, 2.45) is 0 Å². The number of nitrogens with zero attached hydrogens (tertiary/aromatic N) is 3. The third-order valence-corrected chi connectivity index (χ3v) is 8.28. The molecule has 1 aliphatic rings. The lowest BCUT2D eigenvalue weighted by Gasteiger charge is -2.28. The molecular weight excluding hydrogens is 573 g/mol. The first kappa shape index (κ1) is 29.2. The normalized spacial score (nSPS) is 14.1. The number of fused-ring (bicyclic) bond motifs is 1. The third-order valence-electron chi connectivity index (χ3n) is 7.39. The number of halogens is 1. The Hall–Kier alpha value is -4.89. The van der Waals surface area contributed by atoms with Crippen LogP contribution < -0.4 is 15.4 Å². The largest absolute Gasteiger partial charge is 0.489 e. The molecule has 0 saturated carbocycles. The van der Waals surface area contributed by atoms with Gasteiger partial charge < -0.3 is 15.4 Å². The van der Waals surface area contributed by atoms with Crippen LogP contribution in [0.2, 0.25) is 0 Å². The van der Waals surface area contributed by atoms with E-state index in [0.717, 1.165) is 22.4 Å². The van der Waals surface area contributed by atoms with Crippen LogP contribution in [0.4, 0.5) is 16.0 Å². The number of aryl methyl sites for hydroxylation is 2. The van der Waals surface area contributed by atoms with Crippen molar-refractivity contribution in [1.82, 2.24) is 14.8 Å². The van der Waals surface area contributed by atoms with Crippen LogP contribution in [0.5, 0.6) is 5.75 Å². The molecule has 0 bridgehead atoms. The van der Waals surface area contributed by atoms with Crippen molar-refractivity contribution in [2.75, 3.05) is 10.6 Å². The first-order valence-corrected chi connectivity index (χ1v) is 15.3. The van der Waals surface area contributed by atoms with Crippen molar-refractivity contribution in [3.63, 3.8) is 0 Å². The number of nitrogens with one attached hydrogen (secondary N) is 2. The maximum atomic E-state index is 14.3. The lowest BCUT2D eigenvalue weighted by atomic mass is 9.95. The molecule has 222 valence electrons. The lowest BCUT2D eigenvalue weighted by Crippen LogP contribution is -2.31. The first-order valence-electron chi connectivity index (χ1n) is 14.3. The number of ether oxygens (including phenoxy) is 1. The molecule has 0 radical (unpaired) electrons. The molecule has 1 amide bonds. The van der Waals surface area contributed by atoms with Gasteiger partial charge in [-0.15, -0.1) is 5.10 Å². The predicted molar refractivity (Wildman–Crippen MR) is 172 cm³/mol. The Balaban J connectivity index is 1.29. The monoisotopic (exact) mass is 605 g/mol. The molecular formula is C35H32FN5O2S. The minimum Gasteiger partial charge on any atom is -0.489 e. The summed E-state index contributed by atoms with van der Waals surface area (Å²) in [4.78, 5) is 18.5. The van der Waals surface area contributed by atoms with Gasteiger partial charge in [0.05, 0.1) is 5.57 Å². The molecule has 2 heterocycles. The molecule has 1 atom stereocenters. The Morgan fingerprint density at radius 1 is 0.955 bits per heavy atom. The van der Waals surface area contributed by atoms with Crippen molar-refractivity contribution in [3.8, 4) is 5.75 Å². The number of anilines is 2. The number of aromatic nitrogens is 3. The maximum absolute atomic E-state index is 14.3. The summed E-state index contributed by atoms with van der Waals surface area (Å²) in [6.45, 7) is 6.35. The Morgan fingerprint density at radius 3 is 2.48 bits per heavy atom. The summed E-state index contributed by atoms with van der Waals surface area (Å²) in [6, 6.07) is 29.7. The topological polar surface area (TPSA) is 81.1 Å². The maximum Gasteiger partial charge on any atom is 0.255 e. The molecule has 1 aliphatic heterocycles. The van der Waals surface area contributed by atoms with Crippen molar-refractivity contribution >= 4 is 29.3 Å². The van der Waals surface area contributed by atoms with Crippen molar-refractivity contribution < 1.29 is 13.9 Å². The number of allylic oxidation sites excluding steroid dienone is 1. The second-order valence-electron chi connectivity index (χ2n) is 10.8. The molecule has 0 fully saturated rings. The number of hydrogen-bond acceptors (Lipinski definition) is 6. The van der Waals surface area contributed by atoms with Gasteiger partial charge in [-0.05, 0) is 73.4 Å². The molecule has 44 heavy (non-hydrogen) atoms. The summed E-state index contributed by atoms with van der Waals surface area (Å²) in [5.74, 6) is 1.09. The van der Waals surface area contributed by atoms with E-state index in [-0.39, 0.29) is 11.7 Å². The fourth-order valence-electron chi connectivity index (χ4n) is 5.07. The fourth-order valence-corrected chi connectivity index (χ4v) is 5.89. The van der Waals surface area contributed by atoms with E-state index in [1.165, 1.54) is 23.4 Å². The smallest absolute Gasteiger partial charge is 0.255 e. The minimum atomic E-state index is -0.558. The molecule has 5 aromatic rings. The van der Waals surface area contributed by atoms with Crippen molar-refractivity contribution in [3.05, 3.63) is 142 Å². The van der Waals surface area contributed by atoms with Gasteiger partial charge in [-0.25, -0.2) is 9.07 Å². The average molecular weight is 606 g/mol. The highest BCUT2D eigenvalue weighted by atomic mass is 32.2. The summed E-state index contributed by atoms with van der Waals surface area (Å²) >= 11 is 1.34. The van der Waals surface area contributed by atoms with E-state index in [0.29, 0.717) is 46.0 Å². The molecule has 0 aliphatic carbocycles. The zero-order valence-electron chi connectivity index (χ0n) is 24.7. The number of hydrogen-bond donors (Lipinski definition) is 2. The number of rotatable bonds is 9. The number of carbonyl (C=O) groups is 1. The number of thioether (sulfide) groups is 1. The third kappa shape index (κ3) is 6.53. The molecule has 0 spiro atoms. The van der Waals surface area contributed by atoms with Crippen LogP contribution in [0.15, 0.2) is 113 Å². The van der Waals surface area contributed by atoms with E-state index in [2.05, 4.69) is 46.8 Å². The van der Waals surface area contributed by atoms with Gasteiger partial charge in [0.25, 0.3) is 5.91 Å². The number of amides is 1. The molecule has 1 aromatic heterocycles. The van der Waals surface area contributed by atoms with Crippen LogP contribution >= 0.6 is 11.8 Å². The average Bonchev–Trinajstić information content (AvgIpc) is 3.42. The predicted octanol–water partition coefficient (Wildman–Crippen LogP) is 7.83. The van der Waals surface area contributed by atoms with E-state index in [9.17, 15) is 9.18 Å². The van der Waals surface area contributed by atoms with Crippen LogP contribution in [-0.4, -0.2) is 20.7 Å². The lowest BCUT2D eigenvalue weighted by molar-refractivity contribution is -0.113. The molecule has 0 saturated heterocycles. The molecule has 1 unspecified atom stereocenters. The van der Waals surface area contributed by atoms with E-state index in [4.69, 9.17) is 9.84 Å². The summed E-state index contributed by atoms with van der Waals surface area (Å²) in [7, 11) is 0. The van der Waals surface area contributed by atoms with Crippen LogP contribution in [0, 0.1) is 19.7 Å². The highest BCUT2D eigenvalue weighted by Crippen LogP contribution is 2.37. The first-order chi connectivity index (χ1) is 21.3. The van der Waals surface area contributed by atoms with Crippen LogP contribution in [0.25, 0.3) is 0 Å². The van der Waals surface area contributed by atoms with Gasteiger partial charge in [0, 0.05) is 17.1 Å². The van der Waals surface area contributed by atoms with Crippen molar-refractivity contribution in [1.29, 1.82) is 0 Å².